The summed E-state index contributed by atoms with van der Waals surface area (Å²) in [5, 5.41) is 8.66. The molecule has 1 saturated carbocycles. The van der Waals surface area contributed by atoms with Crippen LogP contribution in [0, 0.1) is 0 Å². The van der Waals surface area contributed by atoms with Gasteiger partial charge in [-0.2, -0.15) is 5.10 Å². The first-order chi connectivity index (χ1) is 8.81. The molecule has 3 rings (SSSR count). The number of halogens is 1. The molecule has 18 heavy (non-hydrogen) atoms. The molecule has 2 aromatic rings. The summed E-state index contributed by atoms with van der Waals surface area (Å²) >= 11 is 6.08. The van der Waals surface area contributed by atoms with Crippen LogP contribution in [-0.2, 0) is 13.1 Å². The van der Waals surface area contributed by atoms with Crippen LogP contribution in [0.2, 0.25) is 5.02 Å². The third kappa shape index (κ3) is 2.89. The van der Waals surface area contributed by atoms with Crippen molar-refractivity contribution in [3.63, 3.8) is 0 Å². The summed E-state index contributed by atoms with van der Waals surface area (Å²) in [7, 11) is 0. The number of rotatable bonds is 5. The smallest absolute Gasteiger partial charge is 0.0762 e. The van der Waals surface area contributed by atoms with Gasteiger partial charge in [0.15, 0.2) is 0 Å². The molecule has 0 unspecified atom stereocenters. The molecule has 0 spiro atoms. The molecule has 5 heteroatoms. The van der Waals surface area contributed by atoms with Gasteiger partial charge in [0.1, 0.15) is 0 Å². The minimum atomic E-state index is 0.685. The van der Waals surface area contributed by atoms with Crippen molar-refractivity contribution in [2.45, 2.75) is 32.0 Å². The zero-order chi connectivity index (χ0) is 12.4. The summed E-state index contributed by atoms with van der Waals surface area (Å²) in [6.07, 6.45) is 8.00. The number of hydrogen-bond acceptors (Lipinski definition) is 3. The second kappa shape index (κ2) is 5.08. The molecule has 94 valence electrons. The molecule has 2 heterocycles. The van der Waals surface area contributed by atoms with Crippen LogP contribution in [0.3, 0.4) is 0 Å². The van der Waals surface area contributed by atoms with Crippen LogP contribution in [0.15, 0.2) is 30.7 Å². The maximum atomic E-state index is 6.08. The fourth-order valence-electron chi connectivity index (χ4n) is 1.83. The zero-order valence-electron chi connectivity index (χ0n) is 10.0. The van der Waals surface area contributed by atoms with Gasteiger partial charge < -0.3 is 5.32 Å². The number of pyridine rings is 1. The quantitative estimate of drug-likeness (QED) is 0.899. The summed E-state index contributed by atoms with van der Waals surface area (Å²) in [5.74, 6) is 0. The Bertz CT molecular complexity index is 533. The maximum absolute atomic E-state index is 6.08. The fraction of sp³-hybridized carbons (Fsp3) is 0.385. The van der Waals surface area contributed by atoms with Crippen molar-refractivity contribution >= 4 is 11.6 Å². The van der Waals surface area contributed by atoms with E-state index >= 15 is 0 Å². The summed E-state index contributed by atoms with van der Waals surface area (Å²) in [4.78, 5) is 3.98. The predicted molar refractivity (Wildman–Crippen MR) is 70.4 cm³/mol. The second-order valence-electron chi connectivity index (χ2n) is 4.63. The lowest BCUT2D eigenvalue weighted by Crippen LogP contribution is -2.16. The van der Waals surface area contributed by atoms with Crippen molar-refractivity contribution in [2.75, 3.05) is 0 Å². The molecule has 1 aliphatic rings. The summed E-state index contributed by atoms with van der Waals surface area (Å²) in [6, 6.07) is 4.68. The molecule has 2 aromatic heterocycles. The third-order valence-corrected chi connectivity index (χ3v) is 3.37. The van der Waals surface area contributed by atoms with Gasteiger partial charge in [0.2, 0.25) is 0 Å². The third-order valence-electron chi connectivity index (χ3n) is 3.03. The molecule has 0 radical (unpaired) electrons. The van der Waals surface area contributed by atoms with Crippen molar-refractivity contribution in [1.82, 2.24) is 20.1 Å². The van der Waals surface area contributed by atoms with Crippen LogP contribution in [0.25, 0.3) is 0 Å². The molecule has 1 fully saturated rings. The topological polar surface area (TPSA) is 42.7 Å². The molecule has 0 aliphatic heterocycles. The average Bonchev–Trinajstić information content (AvgIpc) is 3.10. The van der Waals surface area contributed by atoms with Gasteiger partial charge in [-0.15, -0.1) is 0 Å². The van der Waals surface area contributed by atoms with Gasteiger partial charge in [-0.05, 0) is 30.5 Å². The van der Waals surface area contributed by atoms with Crippen LogP contribution < -0.4 is 5.32 Å². The van der Waals surface area contributed by atoms with Crippen LogP contribution in [0.5, 0.6) is 0 Å². The molecule has 1 N–H and O–H groups in total. The molecule has 0 amide bonds. The van der Waals surface area contributed by atoms with Crippen LogP contribution in [0.1, 0.15) is 24.1 Å². The van der Waals surface area contributed by atoms with E-state index in [0.717, 1.165) is 17.8 Å². The molecule has 0 aromatic carbocycles. The Labute approximate surface area is 111 Å². The zero-order valence-corrected chi connectivity index (χ0v) is 10.8. The fourth-order valence-corrected chi connectivity index (χ4v) is 2.01. The number of nitrogens with one attached hydrogen (secondary N) is 1. The van der Waals surface area contributed by atoms with Crippen LogP contribution >= 0.6 is 11.6 Å². The van der Waals surface area contributed by atoms with E-state index in [1.807, 2.05) is 23.0 Å². The van der Waals surface area contributed by atoms with E-state index in [4.69, 9.17) is 11.6 Å². The summed E-state index contributed by atoms with van der Waals surface area (Å²) in [6.45, 7) is 1.53. The lowest BCUT2D eigenvalue weighted by Gasteiger charge is -2.03. The normalized spacial score (nSPS) is 14.9. The molecular weight excluding hydrogens is 248 g/mol. The van der Waals surface area contributed by atoms with Gasteiger partial charge in [0.05, 0.1) is 17.3 Å². The Morgan fingerprint density at radius 3 is 3.06 bits per heavy atom. The molecule has 0 atom stereocenters. The predicted octanol–water partition coefficient (Wildman–Crippen LogP) is 2.23. The van der Waals surface area contributed by atoms with Gasteiger partial charge in [0.25, 0.3) is 0 Å². The molecule has 0 saturated heterocycles. The van der Waals surface area contributed by atoms with Gasteiger partial charge in [-0.1, -0.05) is 11.6 Å². The highest BCUT2D eigenvalue weighted by atomic mass is 35.5. The number of hydrogen-bond donors (Lipinski definition) is 1. The lowest BCUT2D eigenvalue weighted by molar-refractivity contribution is 0.631. The van der Waals surface area contributed by atoms with Crippen LogP contribution in [-0.4, -0.2) is 20.8 Å². The number of aromatic nitrogens is 3. The Balaban J connectivity index is 1.63. The SMILES string of the molecule is Clc1cnccc1Cn1ccc(CNC2CC2)n1. The van der Waals surface area contributed by atoms with E-state index < -0.39 is 0 Å². The van der Waals surface area contributed by atoms with Gasteiger partial charge in [-0.25, -0.2) is 0 Å². The maximum Gasteiger partial charge on any atom is 0.0762 e. The van der Waals surface area contributed by atoms with Gasteiger partial charge in [-0.3, -0.25) is 9.67 Å². The minimum absolute atomic E-state index is 0.685. The highest BCUT2D eigenvalue weighted by molar-refractivity contribution is 6.31. The van der Waals surface area contributed by atoms with Gasteiger partial charge >= 0.3 is 0 Å². The standard InChI is InChI=1S/C13H15ClN4/c14-13-8-15-5-3-10(13)9-18-6-4-12(17-18)7-16-11-1-2-11/h3-6,8,11,16H,1-2,7,9H2. The molecule has 4 nitrogen and oxygen atoms in total. The Morgan fingerprint density at radius 1 is 1.39 bits per heavy atom. The molecule has 1 aliphatic carbocycles. The highest BCUT2D eigenvalue weighted by Crippen LogP contribution is 2.19. The van der Waals surface area contributed by atoms with Crippen molar-refractivity contribution in [1.29, 1.82) is 0 Å². The van der Waals surface area contributed by atoms with Crippen molar-refractivity contribution in [3.8, 4) is 0 Å². The first-order valence-corrected chi connectivity index (χ1v) is 6.53. The first kappa shape index (κ1) is 11.7. The van der Waals surface area contributed by atoms with Crippen LogP contribution in [0.4, 0.5) is 0 Å². The van der Waals surface area contributed by atoms with E-state index in [1.165, 1.54) is 12.8 Å². The van der Waals surface area contributed by atoms with E-state index in [1.54, 1.807) is 12.4 Å². The van der Waals surface area contributed by atoms with E-state index in [0.29, 0.717) is 17.6 Å². The largest absolute Gasteiger partial charge is 0.308 e. The second-order valence-corrected chi connectivity index (χ2v) is 5.03. The lowest BCUT2D eigenvalue weighted by atomic mass is 10.3. The van der Waals surface area contributed by atoms with Crippen molar-refractivity contribution in [3.05, 3.63) is 47.0 Å². The Hall–Kier alpha value is -1.39. The Morgan fingerprint density at radius 2 is 2.28 bits per heavy atom. The monoisotopic (exact) mass is 262 g/mol. The summed E-state index contributed by atoms with van der Waals surface area (Å²) < 4.78 is 1.91. The van der Waals surface area contributed by atoms with Gasteiger partial charge in [0, 0.05) is 31.2 Å². The van der Waals surface area contributed by atoms with Crippen molar-refractivity contribution < 1.29 is 0 Å². The number of nitrogens with zero attached hydrogens (tertiary/aromatic N) is 3. The van der Waals surface area contributed by atoms with Crippen molar-refractivity contribution in [2.24, 2.45) is 0 Å². The Kier molecular flexibility index (Phi) is 3.30. The highest BCUT2D eigenvalue weighted by Gasteiger charge is 2.20. The van der Waals surface area contributed by atoms with E-state index in [-0.39, 0.29) is 0 Å². The molecule has 0 bridgehead atoms. The summed E-state index contributed by atoms with van der Waals surface area (Å²) in [5.41, 5.74) is 2.11. The van der Waals surface area contributed by atoms with E-state index in [2.05, 4.69) is 15.4 Å². The average molecular weight is 263 g/mol. The first-order valence-electron chi connectivity index (χ1n) is 6.15. The van der Waals surface area contributed by atoms with E-state index in [9.17, 15) is 0 Å². The molecular formula is C13H15ClN4. The minimum Gasteiger partial charge on any atom is -0.308 e.